The van der Waals surface area contributed by atoms with Crippen LogP contribution in [-0.2, 0) is 29.1 Å². The summed E-state index contributed by atoms with van der Waals surface area (Å²) in [6, 6.07) is 36.0. The second-order valence-corrected chi connectivity index (χ2v) is 10.9. The van der Waals surface area contributed by atoms with Gasteiger partial charge in [0.25, 0.3) is 0 Å². The number of nitrogens with zero attached hydrogens (tertiary/aromatic N) is 3. The van der Waals surface area contributed by atoms with Crippen molar-refractivity contribution < 1.29 is 9.59 Å². The Labute approximate surface area is 253 Å². The fourth-order valence-corrected chi connectivity index (χ4v) is 5.12. The molecule has 5 aromatic rings. The molecule has 5 rings (SSSR count). The van der Waals surface area contributed by atoms with Gasteiger partial charge in [-0.05, 0) is 52.9 Å². The van der Waals surface area contributed by atoms with Crippen LogP contribution in [0.3, 0.4) is 0 Å². The van der Waals surface area contributed by atoms with Gasteiger partial charge < -0.3 is 19.7 Å². The number of H-pyrrole nitrogens is 1. The average molecular weight is 571 g/mol. The first-order valence-electron chi connectivity index (χ1n) is 14.6. The van der Waals surface area contributed by atoms with Gasteiger partial charge in [0.15, 0.2) is 0 Å². The summed E-state index contributed by atoms with van der Waals surface area (Å²) in [6.45, 7) is 1.32. The Morgan fingerprint density at radius 2 is 1.35 bits per heavy atom. The van der Waals surface area contributed by atoms with Gasteiger partial charge in [0, 0.05) is 62.6 Å². The molecule has 0 bridgehead atoms. The van der Waals surface area contributed by atoms with Crippen LogP contribution >= 0.6 is 0 Å². The highest BCUT2D eigenvalue weighted by Gasteiger charge is 2.21. The summed E-state index contributed by atoms with van der Waals surface area (Å²) in [7, 11) is 4.02. The molecule has 6 nitrogen and oxygen atoms in total. The van der Waals surface area contributed by atoms with Gasteiger partial charge in [-0.25, -0.2) is 0 Å². The Balaban J connectivity index is 1.37. The van der Waals surface area contributed by atoms with Gasteiger partial charge in [0.1, 0.15) is 6.54 Å². The van der Waals surface area contributed by atoms with E-state index < -0.39 is 0 Å². The zero-order valence-electron chi connectivity index (χ0n) is 24.8. The van der Waals surface area contributed by atoms with Crippen LogP contribution in [0, 0.1) is 0 Å². The van der Waals surface area contributed by atoms with Gasteiger partial charge in [-0.3, -0.25) is 9.59 Å². The van der Waals surface area contributed by atoms with E-state index in [1.54, 1.807) is 17.1 Å². The van der Waals surface area contributed by atoms with Crippen molar-refractivity contribution in [2.75, 3.05) is 32.1 Å². The van der Waals surface area contributed by atoms with Crippen molar-refractivity contribution in [1.82, 2.24) is 14.8 Å². The molecule has 2 amide bonds. The van der Waals surface area contributed by atoms with Gasteiger partial charge in [-0.1, -0.05) is 91.0 Å². The summed E-state index contributed by atoms with van der Waals surface area (Å²) in [5.74, 6) is -0.290. The molecule has 0 saturated carbocycles. The molecule has 218 valence electrons. The second-order valence-electron chi connectivity index (χ2n) is 10.9. The Kier molecular flexibility index (Phi) is 9.70. The topological polar surface area (TPSA) is 59.7 Å². The highest BCUT2D eigenvalue weighted by atomic mass is 16.2. The Morgan fingerprint density at radius 1 is 0.721 bits per heavy atom. The summed E-state index contributed by atoms with van der Waals surface area (Å²) in [6.07, 6.45) is 6.08. The number of rotatable bonds is 12. The van der Waals surface area contributed by atoms with Gasteiger partial charge in [-0.15, -0.1) is 0 Å². The lowest BCUT2D eigenvalue weighted by Crippen LogP contribution is -2.42. The van der Waals surface area contributed by atoms with Crippen LogP contribution in [0.2, 0.25) is 0 Å². The monoisotopic (exact) mass is 570 g/mol. The van der Waals surface area contributed by atoms with Gasteiger partial charge in [0.2, 0.25) is 11.8 Å². The number of carbonyl (C=O) groups is 2. The third-order valence-electron chi connectivity index (χ3n) is 7.58. The van der Waals surface area contributed by atoms with Crippen molar-refractivity contribution in [3.8, 4) is 0 Å². The van der Waals surface area contributed by atoms with E-state index in [9.17, 15) is 9.59 Å². The third kappa shape index (κ3) is 8.01. The standard InChI is InChI=1S/C37H38N4O2/c1-39(2)33-20-17-31(18-21-33)26-40(24-23-32-25-38-35-16-10-9-15-34(32)35)37(43)28-41(27-30-13-7-4-8-14-30)36(42)22-19-29-11-5-3-6-12-29/h3-22,25,38H,23-24,26-28H2,1-2H3/b22-19+. The zero-order chi connectivity index (χ0) is 30.0. The Hall–Kier alpha value is -5.10. The van der Waals surface area contributed by atoms with E-state index in [1.165, 1.54) is 5.56 Å². The summed E-state index contributed by atoms with van der Waals surface area (Å²) < 4.78 is 0. The molecule has 0 spiro atoms. The normalized spacial score (nSPS) is 11.1. The van der Waals surface area contributed by atoms with E-state index in [4.69, 9.17) is 0 Å². The van der Waals surface area contributed by atoms with Gasteiger partial charge >= 0.3 is 0 Å². The van der Waals surface area contributed by atoms with Crippen LogP contribution in [0.15, 0.2) is 121 Å². The van der Waals surface area contributed by atoms with Crippen molar-refractivity contribution in [2.24, 2.45) is 0 Å². The minimum absolute atomic E-state index is 0.0173. The molecule has 0 radical (unpaired) electrons. The van der Waals surface area contributed by atoms with E-state index >= 15 is 0 Å². The molecule has 1 aromatic heterocycles. The fourth-order valence-electron chi connectivity index (χ4n) is 5.12. The fraction of sp³-hybridized carbons (Fsp3) is 0.189. The van der Waals surface area contributed by atoms with Crippen LogP contribution in [0.4, 0.5) is 5.69 Å². The molecule has 1 heterocycles. The number of hydrogen-bond acceptors (Lipinski definition) is 3. The van der Waals surface area contributed by atoms with Crippen LogP contribution in [0.25, 0.3) is 17.0 Å². The van der Waals surface area contributed by atoms with Crippen molar-refractivity contribution >= 4 is 34.5 Å². The first kappa shape index (κ1) is 29.4. The lowest BCUT2D eigenvalue weighted by molar-refractivity contribution is -0.139. The maximum Gasteiger partial charge on any atom is 0.247 e. The quantitative estimate of drug-likeness (QED) is 0.173. The molecule has 0 aliphatic carbocycles. The first-order chi connectivity index (χ1) is 21.0. The van der Waals surface area contributed by atoms with E-state index in [-0.39, 0.29) is 18.4 Å². The van der Waals surface area contributed by atoms with Gasteiger partial charge in [-0.2, -0.15) is 0 Å². The van der Waals surface area contributed by atoms with Crippen molar-refractivity contribution in [3.63, 3.8) is 0 Å². The second kappa shape index (κ2) is 14.2. The predicted octanol–water partition coefficient (Wildman–Crippen LogP) is 6.55. The highest BCUT2D eigenvalue weighted by molar-refractivity contribution is 5.94. The number of aromatic amines is 1. The van der Waals surface area contributed by atoms with Crippen LogP contribution in [0.5, 0.6) is 0 Å². The lowest BCUT2D eigenvalue weighted by Gasteiger charge is -2.28. The summed E-state index contributed by atoms with van der Waals surface area (Å²) in [5.41, 5.74) is 6.30. The molecule has 0 fully saturated rings. The molecule has 4 aromatic carbocycles. The molecular formula is C37H38N4O2. The predicted molar refractivity (Wildman–Crippen MR) is 176 cm³/mol. The third-order valence-corrected chi connectivity index (χ3v) is 7.58. The lowest BCUT2D eigenvalue weighted by atomic mass is 10.1. The number of fused-ring (bicyclic) bond motifs is 1. The number of para-hydroxylation sites is 1. The largest absolute Gasteiger partial charge is 0.378 e. The number of nitrogens with one attached hydrogen (secondary N) is 1. The molecule has 0 aliphatic rings. The first-order valence-corrected chi connectivity index (χ1v) is 14.6. The maximum atomic E-state index is 14.0. The molecule has 43 heavy (non-hydrogen) atoms. The number of amides is 2. The van der Waals surface area contributed by atoms with E-state index in [0.717, 1.165) is 33.3 Å². The van der Waals surface area contributed by atoms with Crippen molar-refractivity contribution in [3.05, 3.63) is 144 Å². The number of benzene rings is 4. The number of hydrogen-bond donors (Lipinski definition) is 1. The molecule has 0 atom stereocenters. The minimum atomic E-state index is -0.201. The SMILES string of the molecule is CN(C)c1ccc(CN(CCc2c[nH]c3ccccc23)C(=O)CN(Cc2ccccc2)C(=O)/C=C/c2ccccc2)cc1. The van der Waals surface area contributed by atoms with Crippen molar-refractivity contribution in [1.29, 1.82) is 0 Å². The number of aromatic nitrogens is 1. The highest BCUT2D eigenvalue weighted by Crippen LogP contribution is 2.20. The van der Waals surface area contributed by atoms with E-state index in [2.05, 4.69) is 46.3 Å². The molecule has 0 aliphatic heterocycles. The molecular weight excluding hydrogens is 532 g/mol. The Bertz CT molecular complexity index is 1660. The summed E-state index contributed by atoms with van der Waals surface area (Å²) in [4.78, 5) is 36.4. The molecule has 1 N–H and O–H groups in total. The van der Waals surface area contributed by atoms with E-state index in [0.29, 0.717) is 26.1 Å². The van der Waals surface area contributed by atoms with Crippen molar-refractivity contribution in [2.45, 2.75) is 19.5 Å². The summed E-state index contributed by atoms with van der Waals surface area (Å²) >= 11 is 0. The molecule has 6 heteroatoms. The minimum Gasteiger partial charge on any atom is -0.378 e. The zero-order valence-corrected chi connectivity index (χ0v) is 24.8. The van der Waals surface area contributed by atoms with Gasteiger partial charge in [0.05, 0.1) is 0 Å². The molecule has 0 saturated heterocycles. The smallest absolute Gasteiger partial charge is 0.247 e. The Morgan fingerprint density at radius 3 is 2.07 bits per heavy atom. The number of carbonyl (C=O) groups excluding carboxylic acids is 2. The molecule has 0 unspecified atom stereocenters. The maximum absolute atomic E-state index is 14.0. The van der Waals surface area contributed by atoms with Crippen LogP contribution < -0.4 is 4.90 Å². The average Bonchev–Trinajstić information content (AvgIpc) is 3.45. The summed E-state index contributed by atoms with van der Waals surface area (Å²) in [5, 5.41) is 1.16. The van der Waals surface area contributed by atoms with Crippen LogP contribution in [-0.4, -0.2) is 53.8 Å². The number of anilines is 1. The van der Waals surface area contributed by atoms with Crippen LogP contribution in [0.1, 0.15) is 22.3 Å². The van der Waals surface area contributed by atoms with E-state index in [1.807, 2.05) is 98.0 Å².